The summed E-state index contributed by atoms with van der Waals surface area (Å²) in [4.78, 5) is 39.0. The van der Waals surface area contributed by atoms with Crippen LogP contribution in [0.25, 0.3) is 0 Å². The van der Waals surface area contributed by atoms with E-state index in [2.05, 4.69) is 9.05 Å². The predicted octanol–water partition coefficient (Wildman–Crippen LogP) is -15.7. The Balaban J connectivity index is -0.0000000272. The molecule has 0 aliphatic heterocycles. The van der Waals surface area contributed by atoms with Gasteiger partial charge >= 0.3 is 59.1 Å². The Hall–Kier alpha value is 1.86. The number of aliphatic hydroxyl groups is 4. The number of hydrogen-bond donors (Lipinski definition) is 4. The van der Waals surface area contributed by atoms with E-state index in [9.17, 15) is 28.7 Å². The summed E-state index contributed by atoms with van der Waals surface area (Å²) < 4.78 is 26.8. The molecule has 0 spiro atoms. The van der Waals surface area contributed by atoms with E-state index in [4.69, 9.17) is 20.4 Å². The zero-order valence-electron chi connectivity index (χ0n) is 14.4. The molecule has 0 aliphatic rings. The molecule has 0 amide bonds. The topological polar surface area (TPSA) is 383 Å². The smallest absolute Gasteiger partial charge is 0.790 e. The second-order valence-corrected chi connectivity index (χ2v) is 5.38. The standard InChI is InChI=1S/2C3H9O6P.2Na.5H2O/c4-1-3(5)2-9-10(6,7)8;4-1-3(2-5)9-10(6,7)8;;;;;;;/h2*3-5H,1-2H2,(H2,6,7,8);;;5*1H2/q;;2*+1;;;;;/p-4/t3-;;;;;;;;/m1......../s1. The van der Waals surface area contributed by atoms with Crippen LogP contribution in [0.5, 0.6) is 0 Å². The first-order valence-corrected chi connectivity index (χ1v) is 7.75. The normalized spacial score (nSPS) is 10.3. The Kier molecular flexibility index (Phi) is 63.2. The summed E-state index contributed by atoms with van der Waals surface area (Å²) in [6.45, 7) is -2.74. The van der Waals surface area contributed by atoms with E-state index in [1.807, 2.05) is 0 Å². The first-order chi connectivity index (χ1) is 8.95. The van der Waals surface area contributed by atoms with Gasteiger partial charge < -0.3 is 85.6 Å². The minimum Gasteiger partial charge on any atom is -0.790 e. The van der Waals surface area contributed by atoms with Crippen LogP contribution in [-0.2, 0) is 18.2 Å². The van der Waals surface area contributed by atoms with Gasteiger partial charge in [-0.15, -0.1) is 0 Å². The largest absolute Gasteiger partial charge is 1.00 e. The second-order valence-electron chi connectivity index (χ2n) is 3.12. The summed E-state index contributed by atoms with van der Waals surface area (Å²) in [6, 6.07) is 0. The van der Waals surface area contributed by atoms with Crippen molar-refractivity contribution in [3.05, 3.63) is 0 Å². The molecule has 0 unspecified atom stereocenters. The van der Waals surface area contributed by atoms with Gasteiger partial charge in [-0.1, -0.05) is 0 Å². The van der Waals surface area contributed by atoms with E-state index in [0.717, 1.165) is 0 Å². The molecule has 1 atom stereocenters. The molecule has 0 fully saturated rings. The van der Waals surface area contributed by atoms with Crippen molar-refractivity contribution < 1.29 is 145 Å². The molecule has 17 nitrogen and oxygen atoms in total. The number of aliphatic hydroxyl groups excluding tert-OH is 4. The van der Waals surface area contributed by atoms with Crippen molar-refractivity contribution in [1.82, 2.24) is 0 Å². The zero-order chi connectivity index (χ0) is 16.4. The third-order valence-electron chi connectivity index (χ3n) is 1.32. The van der Waals surface area contributed by atoms with Gasteiger partial charge in [0.05, 0.1) is 42.1 Å². The third kappa shape index (κ3) is 52.4. The number of hydrogen-bond acceptors (Lipinski definition) is 12. The minimum atomic E-state index is -5.07. The fraction of sp³-hybridized carbons (Fsp3) is 1.00. The fourth-order valence-electron chi connectivity index (χ4n) is 0.537. The Bertz CT molecular complexity index is 331. The Morgan fingerprint density at radius 2 is 1.07 bits per heavy atom. The maximum absolute atomic E-state index is 9.79. The molecule has 0 aromatic rings. The van der Waals surface area contributed by atoms with Crippen molar-refractivity contribution in [2.75, 3.05) is 26.4 Å². The summed E-state index contributed by atoms with van der Waals surface area (Å²) in [6.07, 6.45) is -2.66. The summed E-state index contributed by atoms with van der Waals surface area (Å²) in [5.74, 6) is 0. The molecule has 0 bridgehead atoms. The average molecular weight is 476 g/mol. The number of rotatable bonds is 8. The van der Waals surface area contributed by atoms with Crippen molar-refractivity contribution in [3.63, 3.8) is 0 Å². The van der Waals surface area contributed by atoms with Crippen molar-refractivity contribution in [2.45, 2.75) is 12.2 Å². The zero-order valence-corrected chi connectivity index (χ0v) is 20.2. The van der Waals surface area contributed by atoms with Crippen LogP contribution in [0.15, 0.2) is 0 Å². The number of phosphoric ester groups is 2. The quantitative estimate of drug-likeness (QED) is 0.187. The first-order valence-electron chi connectivity index (χ1n) is 4.82. The summed E-state index contributed by atoms with van der Waals surface area (Å²) in [5, 5.41) is 33.0. The fourth-order valence-corrected chi connectivity index (χ4v) is 1.39. The maximum Gasteiger partial charge on any atom is 1.00 e. The van der Waals surface area contributed by atoms with Crippen LogP contribution in [-0.4, -0.2) is 86.4 Å². The Morgan fingerprint density at radius 1 is 0.741 bits per heavy atom. The van der Waals surface area contributed by atoms with Crippen molar-refractivity contribution in [3.8, 4) is 0 Å². The van der Waals surface area contributed by atoms with Gasteiger partial charge in [0.2, 0.25) is 0 Å². The third-order valence-corrected chi connectivity index (χ3v) is 2.34. The van der Waals surface area contributed by atoms with Gasteiger partial charge in [-0.05, 0) is 0 Å². The minimum absolute atomic E-state index is 0. The van der Waals surface area contributed by atoms with Crippen LogP contribution in [0.4, 0.5) is 0 Å². The van der Waals surface area contributed by atoms with Crippen LogP contribution in [0.1, 0.15) is 0 Å². The molecular formula is C6H24Na2O17P2-2. The maximum atomic E-state index is 9.79. The van der Waals surface area contributed by atoms with Gasteiger partial charge in [-0.2, -0.15) is 0 Å². The molecule has 21 heteroatoms. The number of phosphoric acid groups is 2. The van der Waals surface area contributed by atoms with Crippen molar-refractivity contribution in [2.24, 2.45) is 0 Å². The van der Waals surface area contributed by atoms with Gasteiger partial charge in [0.15, 0.2) is 0 Å². The molecule has 0 rings (SSSR count). The van der Waals surface area contributed by atoms with Gasteiger partial charge in [0, 0.05) is 0 Å². The molecular weight excluding hydrogens is 452 g/mol. The second kappa shape index (κ2) is 30.1. The van der Waals surface area contributed by atoms with Crippen LogP contribution < -0.4 is 78.7 Å². The van der Waals surface area contributed by atoms with E-state index >= 15 is 0 Å². The van der Waals surface area contributed by atoms with E-state index in [1.165, 1.54) is 0 Å². The molecule has 0 aliphatic carbocycles. The molecule has 0 radical (unpaired) electrons. The van der Waals surface area contributed by atoms with E-state index in [1.54, 1.807) is 0 Å². The van der Waals surface area contributed by atoms with E-state index in [0.29, 0.717) is 0 Å². The molecule has 0 saturated heterocycles. The van der Waals surface area contributed by atoms with E-state index < -0.39 is 54.3 Å². The Labute approximate surface area is 197 Å². The van der Waals surface area contributed by atoms with E-state index in [-0.39, 0.29) is 86.5 Å². The molecule has 0 saturated carbocycles. The molecule has 0 aromatic heterocycles. The van der Waals surface area contributed by atoms with Crippen molar-refractivity contribution in [1.29, 1.82) is 0 Å². The van der Waals surface area contributed by atoms with Gasteiger partial charge in [0.25, 0.3) is 0 Å². The molecule has 14 N–H and O–H groups in total. The van der Waals surface area contributed by atoms with Crippen LogP contribution in [0.2, 0.25) is 0 Å². The van der Waals surface area contributed by atoms with Crippen LogP contribution in [0, 0.1) is 0 Å². The van der Waals surface area contributed by atoms with Gasteiger partial charge in [0.1, 0.15) is 12.2 Å². The van der Waals surface area contributed by atoms with Crippen LogP contribution >= 0.6 is 15.6 Å². The first kappa shape index (κ1) is 56.8. The van der Waals surface area contributed by atoms with Gasteiger partial charge in [-0.25, -0.2) is 0 Å². The molecule has 27 heavy (non-hydrogen) atoms. The molecule has 0 heterocycles. The molecule has 164 valence electrons. The Morgan fingerprint density at radius 3 is 1.22 bits per heavy atom. The molecule has 0 aromatic carbocycles. The van der Waals surface area contributed by atoms with Gasteiger partial charge in [-0.3, -0.25) is 0 Å². The summed E-state index contributed by atoms with van der Waals surface area (Å²) in [5.41, 5.74) is 0. The summed E-state index contributed by atoms with van der Waals surface area (Å²) in [7, 11) is -10.1. The van der Waals surface area contributed by atoms with Crippen LogP contribution in [0.3, 0.4) is 0 Å². The SMILES string of the molecule is O.O.O.O.O.O=P([O-])([O-])OC(CO)CO.O=P([O-])([O-])OC[C@H](O)CO.[Na+].[Na+]. The van der Waals surface area contributed by atoms with Crippen molar-refractivity contribution >= 4 is 15.6 Å². The average Bonchev–Trinajstić information content (AvgIpc) is 2.31. The monoisotopic (exact) mass is 476 g/mol. The predicted molar refractivity (Wildman–Crippen MR) is 71.4 cm³/mol. The summed E-state index contributed by atoms with van der Waals surface area (Å²) >= 11 is 0.